The summed E-state index contributed by atoms with van der Waals surface area (Å²) in [6.45, 7) is 11.4. The second-order valence-corrected chi connectivity index (χ2v) is 8.66. The summed E-state index contributed by atoms with van der Waals surface area (Å²) in [7, 11) is 1.69. The number of methoxy groups -OCH3 is 1. The molecule has 6 heteroatoms. The fourth-order valence-corrected chi connectivity index (χ4v) is 4.00. The molecule has 0 spiro atoms. The van der Waals surface area contributed by atoms with Gasteiger partial charge in [0.1, 0.15) is 17.6 Å². The van der Waals surface area contributed by atoms with Gasteiger partial charge in [0.25, 0.3) is 0 Å². The Kier molecular flexibility index (Phi) is 9.31. The van der Waals surface area contributed by atoms with E-state index in [1.807, 2.05) is 69.3 Å². The summed E-state index contributed by atoms with van der Waals surface area (Å²) >= 11 is 0. The molecule has 1 N–H and O–H groups in total. The van der Waals surface area contributed by atoms with Gasteiger partial charge in [-0.05, 0) is 63.7 Å². The lowest BCUT2D eigenvalue weighted by molar-refractivity contribution is 0.117. The molecule has 182 valence electrons. The zero-order chi connectivity index (χ0) is 24.5. The lowest BCUT2D eigenvalue weighted by Gasteiger charge is -2.23. The van der Waals surface area contributed by atoms with E-state index in [1.165, 1.54) is 5.57 Å². The largest absolute Gasteiger partial charge is 0.472 e. The third kappa shape index (κ3) is 6.72. The van der Waals surface area contributed by atoms with E-state index in [0.29, 0.717) is 12.3 Å². The highest BCUT2D eigenvalue weighted by atomic mass is 16.5. The SMILES string of the molecule is C=N/C(=C\C=C(C)C)O[C@H]1CCN(c2ccc(Oc3ccccc3C(C)OC)cc2CCO)C1. The van der Waals surface area contributed by atoms with Crippen molar-refractivity contribution < 1.29 is 19.3 Å². The molecule has 1 fully saturated rings. The fourth-order valence-electron chi connectivity index (χ4n) is 4.00. The van der Waals surface area contributed by atoms with Crippen molar-refractivity contribution in [1.29, 1.82) is 0 Å². The first kappa shape index (κ1) is 25.5. The van der Waals surface area contributed by atoms with Crippen LogP contribution in [-0.4, -0.2) is 44.7 Å². The Hall–Kier alpha value is -3.09. The number of benzene rings is 2. The minimum atomic E-state index is -0.0744. The second-order valence-electron chi connectivity index (χ2n) is 8.66. The van der Waals surface area contributed by atoms with Crippen molar-refractivity contribution in [2.24, 2.45) is 4.99 Å². The molecule has 0 aliphatic carbocycles. The Morgan fingerprint density at radius 2 is 2.03 bits per heavy atom. The van der Waals surface area contributed by atoms with Crippen LogP contribution in [0.25, 0.3) is 0 Å². The quantitative estimate of drug-likeness (QED) is 0.258. The Morgan fingerprint density at radius 3 is 2.74 bits per heavy atom. The number of para-hydroxylation sites is 1. The number of ether oxygens (including phenoxy) is 3. The normalized spacial score (nSPS) is 16.8. The smallest absolute Gasteiger partial charge is 0.212 e. The second kappa shape index (κ2) is 12.4. The highest BCUT2D eigenvalue weighted by Gasteiger charge is 2.26. The average molecular weight is 465 g/mol. The zero-order valence-electron chi connectivity index (χ0n) is 20.7. The summed E-state index contributed by atoms with van der Waals surface area (Å²) in [5.74, 6) is 2.04. The molecule has 1 saturated heterocycles. The summed E-state index contributed by atoms with van der Waals surface area (Å²) in [4.78, 5) is 6.31. The highest BCUT2D eigenvalue weighted by molar-refractivity contribution is 5.58. The van der Waals surface area contributed by atoms with Gasteiger partial charge in [0.15, 0.2) is 0 Å². The molecule has 1 aliphatic heterocycles. The number of aliphatic hydroxyl groups is 1. The molecule has 2 aromatic carbocycles. The van der Waals surface area contributed by atoms with Gasteiger partial charge in [0, 0.05) is 44.0 Å². The summed E-state index contributed by atoms with van der Waals surface area (Å²) in [5.41, 5.74) is 4.30. The zero-order valence-corrected chi connectivity index (χ0v) is 20.7. The number of nitrogens with zero attached hydrogens (tertiary/aromatic N) is 2. The molecule has 3 rings (SSSR count). The molecule has 0 bridgehead atoms. The number of hydrogen-bond donors (Lipinski definition) is 1. The maximum atomic E-state index is 9.69. The number of allylic oxidation sites excluding steroid dienone is 3. The van der Waals surface area contributed by atoms with Gasteiger partial charge in [-0.3, -0.25) is 0 Å². The van der Waals surface area contributed by atoms with E-state index < -0.39 is 0 Å². The predicted octanol–water partition coefficient (Wildman–Crippen LogP) is 5.82. The van der Waals surface area contributed by atoms with Crippen molar-refractivity contribution in [3.05, 3.63) is 77.2 Å². The molecule has 0 radical (unpaired) electrons. The molecule has 2 aromatic rings. The molecule has 1 unspecified atom stereocenters. The van der Waals surface area contributed by atoms with Crippen molar-refractivity contribution in [3.63, 3.8) is 0 Å². The van der Waals surface area contributed by atoms with Gasteiger partial charge in [-0.1, -0.05) is 29.8 Å². The van der Waals surface area contributed by atoms with E-state index in [4.69, 9.17) is 14.2 Å². The van der Waals surface area contributed by atoms with Crippen LogP contribution in [0.5, 0.6) is 11.5 Å². The third-order valence-corrected chi connectivity index (χ3v) is 5.86. The topological polar surface area (TPSA) is 63.5 Å². The third-order valence-electron chi connectivity index (χ3n) is 5.86. The number of hydrogen-bond acceptors (Lipinski definition) is 6. The molecule has 2 atom stereocenters. The number of aliphatic imine (C=N–C) groups is 1. The lowest BCUT2D eigenvalue weighted by atomic mass is 10.1. The lowest BCUT2D eigenvalue weighted by Crippen LogP contribution is -2.24. The van der Waals surface area contributed by atoms with E-state index in [0.717, 1.165) is 47.8 Å². The predicted molar refractivity (Wildman–Crippen MR) is 138 cm³/mol. The first-order chi connectivity index (χ1) is 16.4. The Balaban J connectivity index is 1.76. The first-order valence-electron chi connectivity index (χ1n) is 11.7. The van der Waals surface area contributed by atoms with Crippen molar-refractivity contribution in [2.45, 2.75) is 45.8 Å². The minimum absolute atomic E-state index is 0.0302. The molecular weight excluding hydrogens is 428 g/mol. The van der Waals surface area contributed by atoms with Gasteiger partial charge in [0.05, 0.1) is 12.6 Å². The average Bonchev–Trinajstić information content (AvgIpc) is 3.30. The van der Waals surface area contributed by atoms with E-state index in [1.54, 1.807) is 7.11 Å². The number of anilines is 1. The van der Waals surface area contributed by atoms with Crippen molar-refractivity contribution in [1.82, 2.24) is 0 Å². The van der Waals surface area contributed by atoms with E-state index in [9.17, 15) is 5.11 Å². The Bertz CT molecular complexity index is 1030. The van der Waals surface area contributed by atoms with Crippen LogP contribution in [0.1, 0.15) is 44.4 Å². The van der Waals surface area contributed by atoms with Crippen LogP contribution in [0.15, 0.2) is 71.1 Å². The van der Waals surface area contributed by atoms with Gasteiger partial charge < -0.3 is 24.2 Å². The summed E-state index contributed by atoms with van der Waals surface area (Å²) in [6, 6.07) is 13.9. The molecule has 1 heterocycles. The maximum Gasteiger partial charge on any atom is 0.212 e. The van der Waals surface area contributed by atoms with Crippen LogP contribution >= 0.6 is 0 Å². The van der Waals surface area contributed by atoms with Crippen LogP contribution < -0.4 is 9.64 Å². The van der Waals surface area contributed by atoms with Gasteiger partial charge in [-0.2, -0.15) is 0 Å². The monoisotopic (exact) mass is 464 g/mol. The summed E-state index contributed by atoms with van der Waals surface area (Å²) in [6.07, 6.45) is 5.22. The van der Waals surface area contributed by atoms with E-state index in [-0.39, 0.29) is 18.8 Å². The number of aliphatic hydroxyl groups excluding tert-OH is 1. The van der Waals surface area contributed by atoms with Crippen molar-refractivity contribution >= 4 is 12.4 Å². The highest BCUT2D eigenvalue weighted by Crippen LogP contribution is 2.34. The van der Waals surface area contributed by atoms with Crippen LogP contribution in [0, 0.1) is 0 Å². The van der Waals surface area contributed by atoms with E-state index >= 15 is 0 Å². The summed E-state index contributed by atoms with van der Waals surface area (Å²) in [5, 5.41) is 9.69. The minimum Gasteiger partial charge on any atom is -0.472 e. The molecule has 0 aromatic heterocycles. The van der Waals surface area contributed by atoms with Gasteiger partial charge in [-0.15, -0.1) is 0 Å². The molecule has 1 aliphatic rings. The molecule has 0 saturated carbocycles. The molecule has 6 nitrogen and oxygen atoms in total. The fraction of sp³-hybridized carbons (Fsp3) is 0.393. The van der Waals surface area contributed by atoms with Crippen molar-refractivity contribution in [2.75, 3.05) is 31.7 Å². The standard InChI is InChI=1S/C28H36N2O4/c1-20(2)10-13-28(29-4)34-24-14-16-30(19-24)26-12-11-23(18-22(26)15-17-31)33-27-9-7-6-8-25(27)21(3)32-5/h6-13,18,21,24,31H,4,14-17,19H2,1-3,5H3/b28-13+/t21?,24-/m0/s1. The van der Waals surface area contributed by atoms with Gasteiger partial charge in [-0.25, -0.2) is 4.99 Å². The molecular formula is C28H36N2O4. The Labute approximate surface area is 203 Å². The maximum absolute atomic E-state index is 9.69. The van der Waals surface area contributed by atoms with Crippen LogP contribution in [0.4, 0.5) is 5.69 Å². The number of rotatable bonds is 11. The summed E-state index contributed by atoms with van der Waals surface area (Å²) < 4.78 is 17.8. The van der Waals surface area contributed by atoms with Crippen LogP contribution in [0.2, 0.25) is 0 Å². The van der Waals surface area contributed by atoms with Gasteiger partial charge >= 0.3 is 0 Å². The first-order valence-corrected chi connectivity index (χ1v) is 11.7. The van der Waals surface area contributed by atoms with Crippen molar-refractivity contribution in [3.8, 4) is 11.5 Å². The Morgan fingerprint density at radius 1 is 1.24 bits per heavy atom. The van der Waals surface area contributed by atoms with Crippen LogP contribution in [0.3, 0.4) is 0 Å². The molecule has 0 amide bonds. The van der Waals surface area contributed by atoms with Gasteiger partial charge in [0.2, 0.25) is 5.88 Å². The van der Waals surface area contributed by atoms with Crippen LogP contribution in [-0.2, 0) is 15.9 Å². The van der Waals surface area contributed by atoms with E-state index in [2.05, 4.69) is 22.7 Å². The molecule has 34 heavy (non-hydrogen) atoms.